The number of rotatable bonds is 6. The van der Waals surface area contributed by atoms with Gasteiger partial charge in [0, 0.05) is 12.0 Å². The zero-order chi connectivity index (χ0) is 13.7. The molecule has 0 aliphatic heterocycles. The third-order valence-electron chi connectivity index (χ3n) is 3.22. The number of carbonyl (C=O) groups is 1. The van der Waals surface area contributed by atoms with Gasteiger partial charge in [-0.05, 0) is 35.4 Å². The molecular formula is C17H20O2. The molecule has 0 aromatic heterocycles. The molecule has 0 fully saturated rings. The highest BCUT2D eigenvalue weighted by Crippen LogP contribution is 2.22. The zero-order valence-corrected chi connectivity index (χ0v) is 11.6. The highest BCUT2D eigenvalue weighted by molar-refractivity contribution is 5.99. The second-order valence-electron chi connectivity index (χ2n) is 4.70. The fourth-order valence-corrected chi connectivity index (χ4v) is 2.03. The van der Waals surface area contributed by atoms with Crippen molar-refractivity contribution in [3.05, 3.63) is 42.0 Å². The highest BCUT2D eigenvalue weighted by Gasteiger charge is 2.04. The monoisotopic (exact) mass is 256 g/mol. The molecule has 0 aliphatic carbocycles. The van der Waals surface area contributed by atoms with E-state index in [0.29, 0.717) is 6.42 Å². The highest BCUT2D eigenvalue weighted by atomic mass is 16.5. The Labute approximate surface area is 114 Å². The molecule has 100 valence electrons. The van der Waals surface area contributed by atoms with Crippen LogP contribution in [0.15, 0.2) is 36.4 Å². The molecule has 0 heterocycles. The first-order valence-electron chi connectivity index (χ1n) is 6.94. The standard InChI is InChI=1S/C17H20O2/c1-3-5-10-19-16-9-8-13-11-15(17(18)4-2)7-6-14(13)12-16/h6-9,11-12H,3-5,10H2,1-2H3. The summed E-state index contributed by atoms with van der Waals surface area (Å²) in [5.74, 6) is 1.08. The van der Waals surface area contributed by atoms with Gasteiger partial charge in [0.15, 0.2) is 5.78 Å². The van der Waals surface area contributed by atoms with Crippen LogP contribution in [0.3, 0.4) is 0 Å². The fourth-order valence-electron chi connectivity index (χ4n) is 2.03. The minimum absolute atomic E-state index is 0.185. The van der Waals surface area contributed by atoms with E-state index in [4.69, 9.17) is 4.74 Å². The second-order valence-corrected chi connectivity index (χ2v) is 4.70. The van der Waals surface area contributed by atoms with Crippen LogP contribution in [0.25, 0.3) is 10.8 Å². The van der Waals surface area contributed by atoms with E-state index in [2.05, 4.69) is 6.92 Å². The molecule has 0 aliphatic rings. The van der Waals surface area contributed by atoms with Gasteiger partial charge in [0.2, 0.25) is 0 Å². The predicted octanol–water partition coefficient (Wildman–Crippen LogP) is 4.61. The molecule has 19 heavy (non-hydrogen) atoms. The number of Topliss-reactive ketones (excluding diaryl/α,β-unsaturated/α-hetero) is 1. The average Bonchev–Trinajstić information content (AvgIpc) is 2.46. The Morgan fingerprint density at radius 2 is 1.79 bits per heavy atom. The molecule has 0 N–H and O–H groups in total. The molecule has 0 atom stereocenters. The molecule has 0 saturated carbocycles. The summed E-state index contributed by atoms with van der Waals surface area (Å²) < 4.78 is 5.69. The van der Waals surface area contributed by atoms with Crippen molar-refractivity contribution in [1.29, 1.82) is 0 Å². The van der Waals surface area contributed by atoms with Gasteiger partial charge in [0.05, 0.1) is 6.61 Å². The summed E-state index contributed by atoms with van der Waals surface area (Å²) in [6.07, 6.45) is 2.75. The van der Waals surface area contributed by atoms with Gasteiger partial charge in [-0.1, -0.05) is 38.5 Å². The van der Waals surface area contributed by atoms with Crippen LogP contribution in [-0.2, 0) is 0 Å². The summed E-state index contributed by atoms with van der Waals surface area (Å²) in [7, 11) is 0. The Balaban J connectivity index is 2.22. The maximum atomic E-state index is 11.7. The number of unbranched alkanes of at least 4 members (excludes halogenated alkanes) is 1. The lowest BCUT2D eigenvalue weighted by atomic mass is 10.0. The third-order valence-corrected chi connectivity index (χ3v) is 3.22. The third kappa shape index (κ3) is 3.34. The molecule has 2 heteroatoms. The van der Waals surface area contributed by atoms with Gasteiger partial charge in [-0.25, -0.2) is 0 Å². The topological polar surface area (TPSA) is 26.3 Å². The number of benzene rings is 2. The van der Waals surface area contributed by atoms with Crippen LogP contribution >= 0.6 is 0 Å². The van der Waals surface area contributed by atoms with Gasteiger partial charge in [-0.2, -0.15) is 0 Å². The Morgan fingerprint density at radius 3 is 2.53 bits per heavy atom. The van der Waals surface area contributed by atoms with E-state index in [1.165, 1.54) is 0 Å². The van der Waals surface area contributed by atoms with E-state index >= 15 is 0 Å². The minimum Gasteiger partial charge on any atom is -0.494 e. The molecule has 0 unspecified atom stereocenters. The fraction of sp³-hybridized carbons (Fsp3) is 0.353. The Hall–Kier alpha value is -1.83. The smallest absolute Gasteiger partial charge is 0.162 e. The van der Waals surface area contributed by atoms with Crippen molar-refractivity contribution in [2.75, 3.05) is 6.61 Å². The van der Waals surface area contributed by atoms with Crippen molar-refractivity contribution in [2.24, 2.45) is 0 Å². The van der Waals surface area contributed by atoms with Gasteiger partial charge in [-0.3, -0.25) is 4.79 Å². The molecule has 2 aromatic rings. The van der Waals surface area contributed by atoms with Gasteiger partial charge < -0.3 is 4.74 Å². The van der Waals surface area contributed by atoms with E-state index in [-0.39, 0.29) is 5.78 Å². The van der Waals surface area contributed by atoms with Crippen LogP contribution in [0.2, 0.25) is 0 Å². The first-order valence-corrected chi connectivity index (χ1v) is 6.94. The SMILES string of the molecule is CCCCOc1ccc2cc(C(=O)CC)ccc2c1. The van der Waals surface area contributed by atoms with Crippen molar-refractivity contribution in [2.45, 2.75) is 33.1 Å². The first kappa shape index (κ1) is 13.6. The molecule has 0 spiro atoms. The van der Waals surface area contributed by atoms with Crippen molar-refractivity contribution in [3.8, 4) is 5.75 Å². The van der Waals surface area contributed by atoms with Crippen molar-refractivity contribution >= 4 is 16.6 Å². The van der Waals surface area contributed by atoms with E-state index < -0.39 is 0 Å². The summed E-state index contributed by atoms with van der Waals surface area (Å²) in [6, 6.07) is 11.9. The maximum absolute atomic E-state index is 11.7. The Morgan fingerprint density at radius 1 is 1.05 bits per heavy atom. The van der Waals surface area contributed by atoms with E-state index in [9.17, 15) is 4.79 Å². The van der Waals surface area contributed by atoms with Crippen molar-refractivity contribution in [3.63, 3.8) is 0 Å². The Kier molecular flexibility index (Phi) is 4.56. The number of carbonyl (C=O) groups excluding carboxylic acids is 1. The van der Waals surface area contributed by atoms with Gasteiger partial charge in [-0.15, -0.1) is 0 Å². The lowest BCUT2D eigenvalue weighted by Crippen LogP contribution is -1.97. The summed E-state index contributed by atoms with van der Waals surface area (Å²) in [6.45, 7) is 4.79. The quantitative estimate of drug-likeness (QED) is 0.557. The molecule has 2 nitrogen and oxygen atoms in total. The molecule has 0 amide bonds. The van der Waals surface area contributed by atoms with E-state index in [0.717, 1.165) is 41.5 Å². The van der Waals surface area contributed by atoms with Crippen LogP contribution in [0, 0.1) is 0 Å². The maximum Gasteiger partial charge on any atom is 0.162 e. The van der Waals surface area contributed by atoms with Gasteiger partial charge in [0.1, 0.15) is 5.75 Å². The number of hydrogen-bond acceptors (Lipinski definition) is 2. The molecule has 2 aromatic carbocycles. The summed E-state index contributed by atoms with van der Waals surface area (Å²) >= 11 is 0. The number of fused-ring (bicyclic) bond motifs is 1. The van der Waals surface area contributed by atoms with E-state index in [1.54, 1.807) is 0 Å². The van der Waals surface area contributed by atoms with Gasteiger partial charge >= 0.3 is 0 Å². The molecule has 0 radical (unpaired) electrons. The Bertz CT molecular complexity index is 572. The summed E-state index contributed by atoms with van der Waals surface area (Å²) in [5, 5.41) is 2.20. The molecule has 2 rings (SSSR count). The van der Waals surface area contributed by atoms with Crippen LogP contribution in [0.4, 0.5) is 0 Å². The number of ether oxygens (including phenoxy) is 1. The first-order chi connectivity index (χ1) is 9.24. The second kappa shape index (κ2) is 6.37. The zero-order valence-electron chi connectivity index (χ0n) is 11.6. The molecule has 0 bridgehead atoms. The van der Waals surface area contributed by atoms with Crippen LogP contribution in [-0.4, -0.2) is 12.4 Å². The van der Waals surface area contributed by atoms with Crippen LogP contribution in [0.5, 0.6) is 5.75 Å². The minimum atomic E-state index is 0.185. The van der Waals surface area contributed by atoms with E-state index in [1.807, 2.05) is 43.3 Å². The predicted molar refractivity (Wildman–Crippen MR) is 79.0 cm³/mol. The van der Waals surface area contributed by atoms with Gasteiger partial charge in [0.25, 0.3) is 0 Å². The summed E-state index contributed by atoms with van der Waals surface area (Å²) in [4.78, 5) is 11.7. The van der Waals surface area contributed by atoms with Crippen LogP contribution in [0.1, 0.15) is 43.5 Å². The normalized spacial score (nSPS) is 10.6. The average molecular weight is 256 g/mol. The largest absolute Gasteiger partial charge is 0.494 e. The number of ketones is 1. The lowest BCUT2D eigenvalue weighted by Gasteiger charge is -2.07. The van der Waals surface area contributed by atoms with Crippen LogP contribution < -0.4 is 4.74 Å². The van der Waals surface area contributed by atoms with Crippen molar-refractivity contribution in [1.82, 2.24) is 0 Å². The molecule has 0 saturated heterocycles. The molecular weight excluding hydrogens is 236 g/mol. The summed E-state index contributed by atoms with van der Waals surface area (Å²) in [5.41, 5.74) is 0.787. The van der Waals surface area contributed by atoms with Crippen molar-refractivity contribution < 1.29 is 9.53 Å². The lowest BCUT2D eigenvalue weighted by molar-refractivity contribution is 0.0988. The number of hydrogen-bond donors (Lipinski definition) is 0.